The van der Waals surface area contributed by atoms with Crippen molar-refractivity contribution >= 4 is 20.0 Å². The van der Waals surface area contributed by atoms with Crippen molar-refractivity contribution in [3.05, 3.63) is 0 Å². The Bertz CT molecular complexity index is 421. The minimum Gasteiger partial charge on any atom is -0.215 e. The van der Waals surface area contributed by atoms with Gasteiger partial charge in [-0.2, -0.15) is 0 Å². The van der Waals surface area contributed by atoms with Crippen LogP contribution >= 0.6 is 0 Å². The zero-order chi connectivity index (χ0) is 12.4. The maximum absolute atomic E-state index is 11.2. The highest BCUT2D eigenvalue weighted by molar-refractivity contribution is 7.88. The Hall–Kier alpha value is -0.180. The molecule has 0 aromatic carbocycles. The molecule has 0 radical (unpaired) electrons. The fraction of sp³-hybridized carbons (Fsp3) is 1.00. The van der Waals surface area contributed by atoms with E-state index in [2.05, 4.69) is 4.72 Å². The second-order valence-corrected chi connectivity index (χ2v) is 8.04. The molecule has 0 spiro atoms. The average Bonchev–Trinajstić information content (AvgIpc) is 2.13. The van der Waals surface area contributed by atoms with Crippen LogP contribution in [-0.4, -0.2) is 53.3 Å². The van der Waals surface area contributed by atoms with Crippen LogP contribution in [0.1, 0.15) is 12.8 Å². The van der Waals surface area contributed by atoms with Gasteiger partial charge in [0.1, 0.15) is 0 Å². The van der Waals surface area contributed by atoms with Crippen LogP contribution in [0, 0.1) is 5.92 Å². The number of sulfonamides is 2. The Labute approximate surface area is 97.1 Å². The van der Waals surface area contributed by atoms with E-state index in [0.717, 1.165) is 6.26 Å². The molecular formula is C8H18N2O4S2. The summed E-state index contributed by atoms with van der Waals surface area (Å²) in [4.78, 5) is 0. The molecule has 1 N–H and O–H groups in total. The Morgan fingerprint density at radius 3 is 2.00 bits per heavy atom. The first-order chi connectivity index (χ1) is 7.18. The monoisotopic (exact) mass is 270 g/mol. The van der Waals surface area contributed by atoms with Gasteiger partial charge in [0, 0.05) is 19.6 Å². The highest BCUT2D eigenvalue weighted by Gasteiger charge is 2.25. The molecule has 8 heteroatoms. The molecule has 0 amide bonds. The molecule has 0 atom stereocenters. The molecule has 1 fully saturated rings. The SMILES string of the molecule is CS(=O)(=O)NCC1CCN(S(C)(=O)=O)CC1. The van der Waals surface area contributed by atoms with Crippen LogP contribution in [0.5, 0.6) is 0 Å². The number of rotatable bonds is 4. The van der Waals surface area contributed by atoms with E-state index in [1.165, 1.54) is 10.6 Å². The van der Waals surface area contributed by atoms with Crippen LogP contribution in [0.3, 0.4) is 0 Å². The molecule has 0 unspecified atom stereocenters. The zero-order valence-electron chi connectivity index (χ0n) is 9.51. The average molecular weight is 270 g/mol. The summed E-state index contributed by atoms with van der Waals surface area (Å²) < 4.78 is 48.1. The van der Waals surface area contributed by atoms with Gasteiger partial charge in [0.15, 0.2) is 0 Å². The van der Waals surface area contributed by atoms with Crippen LogP contribution in [0.4, 0.5) is 0 Å². The summed E-state index contributed by atoms with van der Waals surface area (Å²) in [5.74, 6) is 0.229. The predicted molar refractivity (Wildman–Crippen MR) is 62.0 cm³/mol. The van der Waals surface area contributed by atoms with E-state index >= 15 is 0 Å². The van der Waals surface area contributed by atoms with E-state index in [0.29, 0.717) is 32.5 Å². The summed E-state index contributed by atoms with van der Waals surface area (Å²) >= 11 is 0. The van der Waals surface area contributed by atoms with Crippen LogP contribution in [0.2, 0.25) is 0 Å². The molecule has 1 heterocycles. The van der Waals surface area contributed by atoms with E-state index in [4.69, 9.17) is 0 Å². The molecule has 0 aromatic heterocycles. The van der Waals surface area contributed by atoms with Gasteiger partial charge in [-0.25, -0.2) is 25.9 Å². The number of piperidine rings is 1. The van der Waals surface area contributed by atoms with Gasteiger partial charge in [-0.1, -0.05) is 0 Å². The van der Waals surface area contributed by atoms with Crippen LogP contribution in [-0.2, 0) is 20.0 Å². The van der Waals surface area contributed by atoms with E-state index in [1.807, 2.05) is 0 Å². The minimum atomic E-state index is -3.15. The Balaban J connectivity index is 2.39. The van der Waals surface area contributed by atoms with Crippen molar-refractivity contribution < 1.29 is 16.8 Å². The van der Waals surface area contributed by atoms with E-state index < -0.39 is 20.0 Å². The number of nitrogens with one attached hydrogen (secondary N) is 1. The van der Waals surface area contributed by atoms with E-state index in [1.54, 1.807) is 0 Å². The zero-order valence-corrected chi connectivity index (χ0v) is 11.1. The topological polar surface area (TPSA) is 83.6 Å². The van der Waals surface area contributed by atoms with Crippen LogP contribution in [0.25, 0.3) is 0 Å². The lowest BCUT2D eigenvalue weighted by atomic mass is 9.99. The maximum Gasteiger partial charge on any atom is 0.211 e. The fourth-order valence-electron chi connectivity index (χ4n) is 1.71. The summed E-state index contributed by atoms with van der Waals surface area (Å²) in [6.07, 6.45) is 3.73. The van der Waals surface area contributed by atoms with Crippen molar-refractivity contribution in [2.24, 2.45) is 5.92 Å². The largest absolute Gasteiger partial charge is 0.215 e. The van der Waals surface area contributed by atoms with Gasteiger partial charge >= 0.3 is 0 Å². The van der Waals surface area contributed by atoms with E-state index in [9.17, 15) is 16.8 Å². The quantitative estimate of drug-likeness (QED) is 0.725. The molecule has 0 saturated carbocycles. The second-order valence-electron chi connectivity index (χ2n) is 4.23. The van der Waals surface area contributed by atoms with Gasteiger partial charge in [0.2, 0.25) is 20.0 Å². The fourth-order valence-corrected chi connectivity index (χ4v) is 3.13. The summed E-state index contributed by atoms with van der Waals surface area (Å²) in [7, 11) is -6.25. The highest BCUT2D eigenvalue weighted by Crippen LogP contribution is 2.18. The standard InChI is InChI=1S/C8H18N2O4S2/c1-15(11,12)9-7-8-3-5-10(6-4-8)16(2,13)14/h8-9H,3-7H2,1-2H3. The third-order valence-electron chi connectivity index (χ3n) is 2.68. The molecule has 1 aliphatic rings. The smallest absolute Gasteiger partial charge is 0.211 e. The van der Waals surface area contributed by atoms with Crippen LogP contribution < -0.4 is 4.72 Å². The lowest BCUT2D eigenvalue weighted by Gasteiger charge is -2.30. The van der Waals surface area contributed by atoms with Crippen molar-refractivity contribution in [1.82, 2.24) is 9.03 Å². The molecule has 96 valence electrons. The second kappa shape index (κ2) is 4.99. The molecule has 0 aromatic rings. The molecule has 0 bridgehead atoms. The molecule has 1 saturated heterocycles. The third kappa shape index (κ3) is 4.77. The van der Waals surface area contributed by atoms with Crippen molar-refractivity contribution in [2.45, 2.75) is 12.8 Å². The van der Waals surface area contributed by atoms with Gasteiger partial charge in [-0.3, -0.25) is 0 Å². The normalized spacial score (nSPS) is 21.1. The summed E-state index contributed by atoms with van der Waals surface area (Å²) in [5.41, 5.74) is 0. The molecule has 1 rings (SSSR count). The summed E-state index contributed by atoms with van der Waals surface area (Å²) in [6, 6.07) is 0. The number of nitrogens with zero attached hydrogens (tertiary/aromatic N) is 1. The van der Waals surface area contributed by atoms with Gasteiger partial charge < -0.3 is 0 Å². The van der Waals surface area contributed by atoms with Crippen LogP contribution in [0.15, 0.2) is 0 Å². The first-order valence-electron chi connectivity index (χ1n) is 5.08. The first kappa shape index (κ1) is 13.9. The van der Waals surface area contributed by atoms with Gasteiger partial charge in [-0.15, -0.1) is 0 Å². The molecule has 1 aliphatic heterocycles. The van der Waals surface area contributed by atoms with Crippen molar-refractivity contribution in [3.8, 4) is 0 Å². The third-order valence-corrected chi connectivity index (χ3v) is 4.67. The minimum absolute atomic E-state index is 0.229. The molecular weight excluding hydrogens is 252 g/mol. The summed E-state index contributed by atoms with van der Waals surface area (Å²) in [6.45, 7) is 1.36. The van der Waals surface area contributed by atoms with Gasteiger partial charge in [0.05, 0.1) is 12.5 Å². The first-order valence-corrected chi connectivity index (χ1v) is 8.82. The highest BCUT2D eigenvalue weighted by atomic mass is 32.2. The Kier molecular flexibility index (Phi) is 4.33. The number of hydrogen-bond donors (Lipinski definition) is 1. The lowest BCUT2D eigenvalue weighted by molar-refractivity contribution is 0.275. The van der Waals surface area contributed by atoms with Crippen molar-refractivity contribution in [3.63, 3.8) is 0 Å². The summed E-state index contributed by atoms with van der Waals surface area (Å²) in [5, 5.41) is 0. The van der Waals surface area contributed by atoms with Gasteiger partial charge in [-0.05, 0) is 18.8 Å². The van der Waals surface area contributed by atoms with E-state index in [-0.39, 0.29) is 5.92 Å². The maximum atomic E-state index is 11.2. The predicted octanol–water partition coefficient (Wildman–Crippen LogP) is -0.793. The lowest BCUT2D eigenvalue weighted by Crippen LogP contribution is -2.40. The molecule has 6 nitrogen and oxygen atoms in total. The van der Waals surface area contributed by atoms with Crippen molar-refractivity contribution in [2.75, 3.05) is 32.1 Å². The van der Waals surface area contributed by atoms with Gasteiger partial charge in [0.25, 0.3) is 0 Å². The molecule has 16 heavy (non-hydrogen) atoms. The molecule has 0 aliphatic carbocycles. The Morgan fingerprint density at radius 2 is 1.62 bits per heavy atom. The van der Waals surface area contributed by atoms with Crippen molar-refractivity contribution in [1.29, 1.82) is 0 Å². The Morgan fingerprint density at radius 1 is 1.12 bits per heavy atom. The number of hydrogen-bond acceptors (Lipinski definition) is 4.